The van der Waals surface area contributed by atoms with Crippen molar-refractivity contribution in [3.63, 3.8) is 0 Å². The first kappa shape index (κ1) is 18.5. The van der Waals surface area contributed by atoms with Crippen LogP contribution in [0.5, 0.6) is 5.75 Å². The van der Waals surface area contributed by atoms with Gasteiger partial charge in [-0.3, -0.25) is 9.69 Å². The van der Waals surface area contributed by atoms with Gasteiger partial charge in [-0.25, -0.2) is 4.79 Å². The van der Waals surface area contributed by atoms with Crippen LogP contribution in [0.4, 0.5) is 4.79 Å². The largest absolute Gasteiger partial charge is 0.415 e. The van der Waals surface area contributed by atoms with Crippen molar-refractivity contribution < 1.29 is 14.3 Å². The third-order valence-electron chi connectivity index (χ3n) is 4.77. The minimum atomic E-state index is -0.409. The minimum Gasteiger partial charge on any atom is -0.409 e. The molecular formula is C19H28N2O3. The fourth-order valence-corrected chi connectivity index (χ4v) is 3.15. The molecule has 5 heteroatoms. The summed E-state index contributed by atoms with van der Waals surface area (Å²) >= 11 is 0. The van der Waals surface area contributed by atoms with Gasteiger partial charge >= 0.3 is 6.09 Å². The zero-order chi connectivity index (χ0) is 17.7. The lowest BCUT2D eigenvalue weighted by molar-refractivity contribution is 0.101. The van der Waals surface area contributed by atoms with Gasteiger partial charge in [0.25, 0.3) is 0 Å². The normalized spacial score (nSPS) is 16.0. The van der Waals surface area contributed by atoms with Crippen LogP contribution in [0.15, 0.2) is 18.2 Å². The molecule has 2 rings (SSSR count). The summed E-state index contributed by atoms with van der Waals surface area (Å²) in [7, 11) is 0. The number of hydrogen-bond donors (Lipinski definition) is 0. The van der Waals surface area contributed by atoms with E-state index in [1.54, 1.807) is 11.0 Å². The molecule has 1 unspecified atom stereocenters. The van der Waals surface area contributed by atoms with Crippen molar-refractivity contribution in [2.75, 3.05) is 26.2 Å². The van der Waals surface area contributed by atoms with E-state index < -0.39 is 6.09 Å². The molecule has 1 aliphatic rings. The van der Waals surface area contributed by atoms with E-state index in [4.69, 9.17) is 4.74 Å². The van der Waals surface area contributed by atoms with Crippen LogP contribution in [0.1, 0.15) is 62.5 Å². The van der Waals surface area contributed by atoms with Crippen LogP contribution in [0.25, 0.3) is 0 Å². The molecule has 1 aromatic rings. The molecule has 1 heterocycles. The third kappa shape index (κ3) is 4.15. The Bertz CT molecular complexity index is 590. The number of ketones is 1. The summed E-state index contributed by atoms with van der Waals surface area (Å²) in [5, 5.41) is 0. The first-order valence-electron chi connectivity index (χ1n) is 8.83. The smallest absolute Gasteiger partial charge is 0.409 e. The van der Waals surface area contributed by atoms with Gasteiger partial charge in [-0.15, -0.1) is 0 Å². The van der Waals surface area contributed by atoms with Crippen molar-refractivity contribution in [2.24, 2.45) is 0 Å². The Balaban J connectivity index is 2.27. The van der Waals surface area contributed by atoms with Gasteiger partial charge in [-0.05, 0) is 71.3 Å². The molecule has 0 radical (unpaired) electrons. The lowest BCUT2D eigenvalue weighted by Crippen LogP contribution is -2.33. The average Bonchev–Trinajstić information content (AvgIpc) is 3.09. The second kappa shape index (κ2) is 8.29. The molecule has 0 N–H and O–H groups in total. The number of Topliss-reactive ketones (excluding diaryl/α,β-unsaturated/α-hetero) is 1. The van der Waals surface area contributed by atoms with Crippen LogP contribution in [0, 0.1) is 0 Å². The highest BCUT2D eigenvalue weighted by Gasteiger charge is 2.22. The number of nitrogens with zero attached hydrogens (tertiary/aromatic N) is 2. The summed E-state index contributed by atoms with van der Waals surface area (Å²) in [4.78, 5) is 28.2. The minimum absolute atomic E-state index is 0.0993. The van der Waals surface area contributed by atoms with E-state index in [2.05, 4.69) is 11.8 Å². The Labute approximate surface area is 144 Å². The van der Waals surface area contributed by atoms with E-state index in [1.807, 2.05) is 26.0 Å². The summed E-state index contributed by atoms with van der Waals surface area (Å²) in [5.74, 6) is 0.265. The SMILES string of the molecule is CCN(CC)C(=O)Oc1cc(C(C)N2CCCC2)ccc1C(C)=O. The number of hydrogen-bond acceptors (Lipinski definition) is 4. The number of rotatable bonds is 6. The zero-order valence-corrected chi connectivity index (χ0v) is 15.2. The second-order valence-electron chi connectivity index (χ2n) is 6.27. The number of benzene rings is 1. The van der Waals surface area contributed by atoms with E-state index >= 15 is 0 Å². The standard InChI is InChI=1S/C19H28N2O3/c1-5-20(6-2)19(23)24-18-13-16(9-10-17(18)15(4)22)14(3)21-11-7-8-12-21/h9-10,13-14H,5-8,11-12H2,1-4H3. The van der Waals surface area contributed by atoms with Crippen LogP contribution in [-0.4, -0.2) is 47.9 Å². The molecule has 24 heavy (non-hydrogen) atoms. The number of amides is 1. The van der Waals surface area contributed by atoms with Crippen molar-refractivity contribution in [3.05, 3.63) is 29.3 Å². The number of carbonyl (C=O) groups excluding carboxylic acids is 2. The summed E-state index contributed by atoms with van der Waals surface area (Å²) < 4.78 is 5.55. The van der Waals surface area contributed by atoms with Crippen molar-refractivity contribution in [3.8, 4) is 5.75 Å². The molecule has 0 aliphatic carbocycles. The molecule has 1 atom stereocenters. The fraction of sp³-hybridized carbons (Fsp3) is 0.579. The Kier molecular flexibility index (Phi) is 6.37. The van der Waals surface area contributed by atoms with E-state index in [9.17, 15) is 9.59 Å². The Morgan fingerprint density at radius 2 is 1.83 bits per heavy atom. The van der Waals surface area contributed by atoms with Crippen LogP contribution in [-0.2, 0) is 0 Å². The monoisotopic (exact) mass is 332 g/mol. The van der Waals surface area contributed by atoms with Crippen LogP contribution in [0.3, 0.4) is 0 Å². The van der Waals surface area contributed by atoms with Crippen molar-refractivity contribution >= 4 is 11.9 Å². The maximum Gasteiger partial charge on any atom is 0.415 e. The third-order valence-corrected chi connectivity index (χ3v) is 4.77. The molecule has 132 valence electrons. The molecule has 0 aromatic heterocycles. The van der Waals surface area contributed by atoms with Gasteiger partial charge in [0.05, 0.1) is 5.56 Å². The predicted molar refractivity (Wildman–Crippen MR) is 94.6 cm³/mol. The Morgan fingerprint density at radius 1 is 1.21 bits per heavy atom. The van der Waals surface area contributed by atoms with Crippen LogP contribution < -0.4 is 4.74 Å². The predicted octanol–water partition coefficient (Wildman–Crippen LogP) is 3.89. The van der Waals surface area contributed by atoms with Crippen molar-refractivity contribution in [1.29, 1.82) is 0 Å². The maximum atomic E-state index is 12.3. The van der Waals surface area contributed by atoms with E-state index in [-0.39, 0.29) is 11.8 Å². The molecule has 5 nitrogen and oxygen atoms in total. The zero-order valence-electron chi connectivity index (χ0n) is 15.2. The summed E-state index contributed by atoms with van der Waals surface area (Å²) in [6, 6.07) is 5.84. The van der Waals surface area contributed by atoms with Gasteiger partial charge in [0.1, 0.15) is 5.75 Å². The topological polar surface area (TPSA) is 49.9 Å². The quantitative estimate of drug-likeness (QED) is 0.742. The van der Waals surface area contributed by atoms with Crippen LogP contribution in [0.2, 0.25) is 0 Å². The number of carbonyl (C=O) groups is 2. The van der Waals surface area contributed by atoms with Gasteiger partial charge in [0.2, 0.25) is 0 Å². The lowest BCUT2D eigenvalue weighted by atomic mass is 10.0. The molecular weight excluding hydrogens is 304 g/mol. The molecule has 0 bridgehead atoms. The Hall–Kier alpha value is -1.88. The first-order chi connectivity index (χ1) is 11.5. The van der Waals surface area contributed by atoms with Gasteiger partial charge in [0, 0.05) is 19.1 Å². The number of ether oxygens (including phenoxy) is 1. The average molecular weight is 332 g/mol. The lowest BCUT2D eigenvalue weighted by Gasteiger charge is -2.25. The Morgan fingerprint density at radius 3 is 2.38 bits per heavy atom. The highest BCUT2D eigenvalue weighted by atomic mass is 16.6. The molecule has 1 aliphatic heterocycles. The first-order valence-corrected chi connectivity index (χ1v) is 8.83. The molecule has 0 saturated carbocycles. The van der Waals surface area contributed by atoms with Gasteiger partial charge < -0.3 is 9.64 Å². The number of likely N-dealkylation sites (tertiary alicyclic amines) is 1. The van der Waals surface area contributed by atoms with Crippen molar-refractivity contribution in [1.82, 2.24) is 9.80 Å². The van der Waals surface area contributed by atoms with Crippen molar-refractivity contribution in [2.45, 2.75) is 46.6 Å². The molecule has 1 fully saturated rings. The van der Waals surface area contributed by atoms with Gasteiger partial charge in [-0.1, -0.05) is 6.07 Å². The van der Waals surface area contributed by atoms with E-state index in [1.165, 1.54) is 19.8 Å². The second-order valence-corrected chi connectivity index (χ2v) is 6.27. The van der Waals surface area contributed by atoms with E-state index in [0.29, 0.717) is 24.4 Å². The molecule has 1 aromatic carbocycles. The molecule has 1 saturated heterocycles. The highest BCUT2D eigenvalue weighted by molar-refractivity contribution is 5.97. The van der Waals surface area contributed by atoms with Crippen LogP contribution >= 0.6 is 0 Å². The summed E-state index contributed by atoms with van der Waals surface area (Å²) in [6.45, 7) is 10.8. The van der Waals surface area contributed by atoms with Gasteiger partial charge in [0.15, 0.2) is 5.78 Å². The summed E-state index contributed by atoms with van der Waals surface area (Å²) in [6.07, 6.45) is 2.03. The highest BCUT2D eigenvalue weighted by Crippen LogP contribution is 2.30. The van der Waals surface area contributed by atoms with Gasteiger partial charge in [-0.2, -0.15) is 0 Å². The molecule has 0 spiro atoms. The maximum absolute atomic E-state index is 12.3. The fourth-order valence-electron chi connectivity index (χ4n) is 3.15. The molecule has 1 amide bonds. The summed E-state index contributed by atoms with van der Waals surface area (Å²) in [5.41, 5.74) is 1.53. The van der Waals surface area contributed by atoms with E-state index in [0.717, 1.165) is 18.7 Å².